The maximum Gasteiger partial charge on any atom is 0.419 e. The fourth-order valence-electron chi connectivity index (χ4n) is 2.78. The van der Waals surface area contributed by atoms with Gasteiger partial charge in [-0.3, -0.25) is 4.57 Å². The van der Waals surface area contributed by atoms with Crippen molar-refractivity contribution in [2.24, 2.45) is 0 Å². The summed E-state index contributed by atoms with van der Waals surface area (Å²) in [5.41, 5.74) is 2.39. The number of benzene rings is 1. The number of ether oxygens (including phenoxy) is 2. The Bertz CT molecular complexity index is 726. The number of methoxy groups -OCH3 is 1. The molecule has 0 fully saturated rings. The second-order valence-corrected chi connectivity index (χ2v) is 6.98. The highest BCUT2D eigenvalue weighted by Gasteiger charge is 2.21. The van der Waals surface area contributed by atoms with Crippen molar-refractivity contribution in [2.75, 3.05) is 13.7 Å². The molecule has 0 aliphatic carbocycles. The number of aryl methyl sites for hydroxylation is 1. The number of fused-ring (bicyclic) bond motifs is 1. The topological polar surface area (TPSA) is 52.5 Å². The van der Waals surface area contributed by atoms with Crippen molar-refractivity contribution >= 4 is 17.0 Å². The standard InChI is InChI=1S/C19H28N2O3/c1-7-9-20-12-15-14-8-10-21(18(22)24-19(3,4)5)17(14)13(2)11-16(15)23-6/h8,10-11,20H,7,9,12H2,1-6H3. The molecule has 1 heterocycles. The summed E-state index contributed by atoms with van der Waals surface area (Å²) in [4.78, 5) is 12.5. The molecule has 0 bridgehead atoms. The lowest BCUT2D eigenvalue weighted by Crippen LogP contribution is -2.26. The van der Waals surface area contributed by atoms with Gasteiger partial charge in [-0.15, -0.1) is 0 Å². The lowest BCUT2D eigenvalue weighted by Gasteiger charge is -2.20. The quantitative estimate of drug-likeness (QED) is 0.832. The second kappa shape index (κ2) is 7.26. The zero-order chi connectivity index (χ0) is 17.9. The van der Waals surface area contributed by atoms with Crippen LogP contribution in [-0.4, -0.2) is 29.9 Å². The van der Waals surface area contributed by atoms with E-state index in [0.29, 0.717) is 6.54 Å². The molecule has 0 saturated carbocycles. The number of nitrogens with one attached hydrogen (secondary N) is 1. The molecule has 0 unspecified atom stereocenters. The van der Waals surface area contributed by atoms with Crippen LogP contribution >= 0.6 is 0 Å². The highest BCUT2D eigenvalue weighted by molar-refractivity contribution is 5.95. The van der Waals surface area contributed by atoms with Crippen LogP contribution in [-0.2, 0) is 11.3 Å². The fraction of sp³-hybridized carbons (Fsp3) is 0.526. The molecule has 0 amide bonds. The zero-order valence-electron chi connectivity index (χ0n) is 15.5. The molecule has 5 nitrogen and oxygen atoms in total. The van der Waals surface area contributed by atoms with Gasteiger partial charge in [-0.25, -0.2) is 4.79 Å². The van der Waals surface area contributed by atoms with Crippen LogP contribution in [0.5, 0.6) is 5.75 Å². The third-order valence-electron chi connectivity index (χ3n) is 3.77. The lowest BCUT2D eigenvalue weighted by atomic mass is 10.0. The van der Waals surface area contributed by atoms with Gasteiger partial charge >= 0.3 is 6.09 Å². The highest BCUT2D eigenvalue weighted by Crippen LogP contribution is 2.32. The van der Waals surface area contributed by atoms with E-state index in [2.05, 4.69) is 12.2 Å². The monoisotopic (exact) mass is 332 g/mol. The van der Waals surface area contributed by atoms with Crippen LogP contribution in [0, 0.1) is 6.92 Å². The van der Waals surface area contributed by atoms with E-state index >= 15 is 0 Å². The van der Waals surface area contributed by atoms with Crippen molar-refractivity contribution in [1.29, 1.82) is 0 Å². The van der Waals surface area contributed by atoms with E-state index in [1.807, 2.05) is 39.8 Å². The summed E-state index contributed by atoms with van der Waals surface area (Å²) in [7, 11) is 1.68. The van der Waals surface area contributed by atoms with E-state index in [1.54, 1.807) is 17.9 Å². The molecule has 0 aliphatic rings. The normalized spacial score (nSPS) is 11.8. The zero-order valence-corrected chi connectivity index (χ0v) is 15.5. The van der Waals surface area contributed by atoms with Gasteiger partial charge < -0.3 is 14.8 Å². The molecule has 24 heavy (non-hydrogen) atoms. The lowest BCUT2D eigenvalue weighted by molar-refractivity contribution is 0.0544. The molecule has 132 valence electrons. The number of hydrogen-bond donors (Lipinski definition) is 1. The molecule has 0 radical (unpaired) electrons. The first-order chi connectivity index (χ1) is 11.3. The van der Waals surface area contributed by atoms with E-state index in [-0.39, 0.29) is 6.09 Å². The van der Waals surface area contributed by atoms with E-state index in [1.165, 1.54) is 0 Å². The van der Waals surface area contributed by atoms with Crippen molar-refractivity contribution in [3.63, 3.8) is 0 Å². The molecular formula is C19H28N2O3. The summed E-state index contributed by atoms with van der Waals surface area (Å²) in [6.45, 7) is 11.4. The summed E-state index contributed by atoms with van der Waals surface area (Å²) in [5, 5.41) is 4.42. The number of nitrogens with zero attached hydrogens (tertiary/aromatic N) is 1. The van der Waals surface area contributed by atoms with Gasteiger partial charge in [0.25, 0.3) is 0 Å². The van der Waals surface area contributed by atoms with Gasteiger partial charge in [0.2, 0.25) is 0 Å². The summed E-state index contributed by atoms with van der Waals surface area (Å²) in [5.74, 6) is 0.838. The van der Waals surface area contributed by atoms with Crippen LogP contribution in [0.15, 0.2) is 18.3 Å². The average molecular weight is 332 g/mol. The molecule has 2 rings (SSSR count). The Kier molecular flexibility index (Phi) is 5.54. The van der Waals surface area contributed by atoms with Gasteiger partial charge in [0.05, 0.1) is 12.6 Å². The molecule has 0 spiro atoms. The van der Waals surface area contributed by atoms with Gasteiger partial charge in [-0.2, -0.15) is 0 Å². The summed E-state index contributed by atoms with van der Waals surface area (Å²) in [6.07, 6.45) is 2.48. The van der Waals surface area contributed by atoms with E-state index in [9.17, 15) is 4.79 Å². The van der Waals surface area contributed by atoms with E-state index < -0.39 is 5.60 Å². The van der Waals surface area contributed by atoms with Crippen LogP contribution in [0.3, 0.4) is 0 Å². The average Bonchev–Trinajstić information content (AvgIpc) is 2.93. The van der Waals surface area contributed by atoms with Gasteiger partial charge in [-0.05, 0) is 58.4 Å². The molecule has 1 aromatic heterocycles. The molecule has 0 aliphatic heterocycles. The number of rotatable bonds is 5. The van der Waals surface area contributed by atoms with Crippen molar-refractivity contribution < 1.29 is 14.3 Å². The molecular weight excluding hydrogens is 304 g/mol. The van der Waals surface area contributed by atoms with E-state index in [4.69, 9.17) is 9.47 Å². The minimum absolute atomic E-state index is 0.363. The number of hydrogen-bond acceptors (Lipinski definition) is 4. The molecule has 5 heteroatoms. The summed E-state index contributed by atoms with van der Waals surface area (Å²) >= 11 is 0. The first kappa shape index (κ1) is 18.3. The number of aromatic nitrogens is 1. The van der Waals surface area contributed by atoms with Crippen molar-refractivity contribution in [1.82, 2.24) is 9.88 Å². The second-order valence-electron chi connectivity index (χ2n) is 6.98. The van der Waals surface area contributed by atoms with E-state index in [0.717, 1.165) is 40.7 Å². The number of carbonyl (C=O) groups excluding carboxylic acids is 1. The maximum atomic E-state index is 12.5. The van der Waals surface area contributed by atoms with Crippen LogP contribution in [0.2, 0.25) is 0 Å². The largest absolute Gasteiger partial charge is 0.496 e. The Morgan fingerprint density at radius 3 is 2.62 bits per heavy atom. The van der Waals surface area contributed by atoms with Crippen LogP contribution < -0.4 is 10.1 Å². The van der Waals surface area contributed by atoms with Crippen LogP contribution in [0.25, 0.3) is 10.9 Å². The SMILES string of the molecule is CCCNCc1c(OC)cc(C)c2c1ccn2C(=O)OC(C)(C)C. The Morgan fingerprint density at radius 2 is 2.04 bits per heavy atom. The Labute approximate surface area is 143 Å². The van der Waals surface area contributed by atoms with Crippen molar-refractivity contribution in [2.45, 2.75) is 53.2 Å². The van der Waals surface area contributed by atoms with Gasteiger partial charge in [0.1, 0.15) is 11.4 Å². The smallest absolute Gasteiger partial charge is 0.419 e. The molecule has 1 aromatic carbocycles. The van der Waals surface area contributed by atoms with Crippen LogP contribution in [0.1, 0.15) is 45.2 Å². The Balaban J connectivity index is 2.50. The third-order valence-corrected chi connectivity index (χ3v) is 3.77. The molecule has 2 aromatic rings. The molecule has 0 atom stereocenters. The summed E-state index contributed by atoms with van der Waals surface area (Å²) in [6, 6.07) is 3.93. The minimum atomic E-state index is -0.528. The van der Waals surface area contributed by atoms with Crippen LogP contribution in [0.4, 0.5) is 4.79 Å². The maximum absolute atomic E-state index is 12.5. The highest BCUT2D eigenvalue weighted by atomic mass is 16.6. The van der Waals surface area contributed by atoms with Gasteiger partial charge in [-0.1, -0.05) is 6.92 Å². The van der Waals surface area contributed by atoms with Crippen molar-refractivity contribution in [3.8, 4) is 5.75 Å². The molecule has 1 N–H and O–H groups in total. The molecule has 0 saturated heterocycles. The van der Waals surface area contributed by atoms with Gasteiger partial charge in [0, 0.05) is 23.7 Å². The summed E-state index contributed by atoms with van der Waals surface area (Å²) < 4.78 is 12.6. The van der Waals surface area contributed by atoms with Crippen molar-refractivity contribution in [3.05, 3.63) is 29.5 Å². The first-order valence-electron chi connectivity index (χ1n) is 8.40. The predicted octanol–water partition coefficient (Wildman–Crippen LogP) is 4.24. The minimum Gasteiger partial charge on any atom is -0.496 e. The fourth-order valence-corrected chi connectivity index (χ4v) is 2.78. The predicted molar refractivity (Wildman–Crippen MR) is 96.9 cm³/mol. The van der Waals surface area contributed by atoms with Gasteiger partial charge in [0.15, 0.2) is 0 Å². The Morgan fingerprint density at radius 1 is 1.33 bits per heavy atom. The Hall–Kier alpha value is -2.01. The third kappa shape index (κ3) is 3.90. The first-order valence-corrected chi connectivity index (χ1v) is 8.40. The number of carbonyl (C=O) groups is 1.